The van der Waals surface area contributed by atoms with Crippen molar-refractivity contribution in [2.45, 2.75) is 13.3 Å². The normalized spacial score (nSPS) is 27.3. The molecule has 0 radical (unpaired) electrons. The lowest BCUT2D eigenvalue weighted by molar-refractivity contribution is 0.399. The average molecular weight is 131 g/mol. The molecule has 0 aromatic carbocycles. The zero-order chi connectivity index (χ0) is 7.28. The van der Waals surface area contributed by atoms with Crippen molar-refractivity contribution >= 4 is 0 Å². The van der Waals surface area contributed by atoms with Crippen molar-refractivity contribution in [2.24, 2.45) is 5.92 Å². The van der Waals surface area contributed by atoms with Crippen LogP contribution in [0.25, 0.3) is 0 Å². The van der Waals surface area contributed by atoms with Gasteiger partial charge in [0.25, 0.3) is 0 Å². The standard InChI is InChI=1S/C6H13N.CH4O/c1-6-3-4-7(2)5-6;1-2/h6H,3-5H2,1-2H3;2H,1H3/t6-;/m1./s1. The summed E-state index contributed by atoms with van der Waals surface area (Å²) in [5.74, 6) is 0.949. The summed E-state index contributed by atoms with van der Waals surface area (Å²) >= 11 is 0. The molecule has 0 aromatic heterocycles. The Kier molecular flexibility index (Phi) is 4.72. The first-order valence-corrected chi connectivity index (χ1v) is 3.42. The van der Waals surface area contributed by atoms with Crippen LogP contribution >= 0.6 is 0 Å². The predicted octanol–water partition coefficient (Wildman–Crippen LogP) is 0.567. The molecule has 1 heterocycles. The molecule has 1 aliphatic heterocycles. The van der Waals surface area contributed by atoms with E-state index in [0.29, 0.717) is 0 Å². The molecule has 1 rings (SSSR count). The molecule has 9 heavy (non-hydrogen) atoms. The van der Waals surface area contributed by atoms with E-state index >= 15 is 0 Å². The lowest BCUT2D eigenvalue weighted by atomic mass is 10.2. The molecule has 0 unspecified atom stereocenters. The molecule has 2 nitrogen and oxygen atoms in total. The van der Waals surface area contributed by atoms with Gasteiger partial charge in [-0.25, -0.2) is 0 Å². The second-order valence-electron chi connectivity index (χ2n) is 2.66. The second kappa shape index (κ2) is 4.77. The summed E-state index contributed by atoms with van der Waals surface area (Å²) in [6, 6.07) is 0. The lowest BCUT2D eigenvalue weighted by Crippen LogP contribution is -2.12. The van der Waals surface area contributed by atoms with E-state index in [1.165, 1.54) is 19.5 Å². The van der Waals surface area contributed by atoms with Crippen LogP contribution in [0.2, 0.25) is 0 Å². The van der Waals surface area contributed by atoms with Crippen LogP contribution in [0.1, 0.15) is 13.3 Å². The molecule has 56 valence electrons. The monoisotopic (exact) mass is 131 g/mol. The van der Waals surface area contributed by atoms with Gasteiger partial charge in [0.1, 0.15) is 0 Å². The summed E-state index contributed by atoms with van der Waals surface area (Å²) in [6.45, 7) is 4.92. The van der Waals surface area contributed by atoms with Gasteiger partial charge in [0, 0.05) is 13.7 Å². The van der Waals surface area contributed by atoms with Crippen molar-refractivity contribution in [1.82, 2.24) is 4.90 Å². The van der Waals surface area contributed by atoms with Gasteiger partial charge in [0.2, 0.25) is 0 Å². The molecule has 0 aromatic rings. The van der Waals surface area contributed by atoms with Gasteiger partial charge in [-0.2, -0.15) is 0 Å². The van der Waals surface area contributed by atoms with E-state index in [-0.39, 0.29) is 0 Å². The zero-order valence-electron chi connectivity index (χ0n) is 6.59. The van der Waals surface area contributed by atoms with Crippen LogP contribution in [0.15, 0.2) is 0 Å². The Morgan fingerprint density at radius 1 is 1.44 bits per heavy atom. The molecule has 0 saturated carbocycles. The maximum Gasteiger partial charge on any atom is 0.0319 e. The van der Waals surface area contributed by atoms with Gasteiger partial charge in [-0.1, -0.05) is 6.92 Å². The van der Waals surface area contributed by atoms with E-state index in [1.54, 1.807) is 0 Å². The van der Waals surface area contributed by atoms with Gasteiger partial charge in [-0.05, 0) is 25.9 Å². The summed E-state index contributed by atoms with van der Waals surface area (Å²) < 4.78 is 0. The number of hydrogen-bond acceptors (Lipinski definition) is 2. The van der Waals surface area contributed by atoms with Crippen molar-refractivity contribution in [3.05, 3.63) is 0 Å². The molecule has 1 N–H and O–H groups in total. The van der Waals surface area contributed by atoms with E-state index in [4.69, 9.17) is 5.11 Å². The van der Waals surface area contributed by atoms with E-state index in [1.807, 2.05) is 0 Å². The number of hydrogen-bond donors (Lipinski definition) is 1. The van der Waals surface area contributed by atoms with E-state index < -0.39 is 0 Å². The van der Waals surface area contributed by atoms with Crippen LogP contribution in [-0.2, 0) is 0 Å². The van der Waals surface area contributed by atoms with Gasteiger partial charge >= 0.3 is 0 Å². The lowest BCUT2D eigenvalue weighted by Gasteiger charge is -2.03. The molecular weight excluding hydrogens is 114 g/mol. The smallest absolute Gasteiger partial charge is 0.0319 e. The largest absolute Gasteiger partial charge is 0.400 e. The van der Waals surface area contributed by atoms with Crippen molar-refractivity contribution in [3.63, 3.8) is 0 Å². The Morgan fingerprint density at radius 2 is 2.00 bits per heavy atom. The highest BCUT2D eigenvalue weighted by molar-refractivity contribution is 4.67. The maximum atomic E-state index is 7.00. The summed E-state index contributed by atoms with van der Waals surface area (Å²) in [5.41, 5.74) is 0. The molecule has 0 amide bonds. The summed E-state index contributed by atoms with van der Waals surface area (Å²) in [5, 5.41) is 7.00. The highest BCUT2D eigenvalue weighted by atomic mass is 16.2. The first-order valence-electron chi connectivity index (χ1n) is 3.42. The Morgan fingerprint density at radius 3 is 2.11 bits per heavy atom. The number of nitrogens with zero attached hydrogens (tertiary/aromatic N) is 1. The zero-order valence-corrected chi connectivity index (χ0v) is 6.59. The third-order valence-corrected chi connectivity index (χ3v) is 1.63. The third-order valence-electron chi connectivity index (χ3n) is 1.63. The van der Waals surface area contributed by atoms with Crippen LogP contribution in [0, 0.1) is 5.92 Å². The Balaban J connectivity index is 0.000000291. The van der Waals surface area contributed by atoms with Crippen molar-refractivity contribution in [3.8, 4) is 0 Å². The molecule has 1 saturated heterocycles. The minimum absolute atomic E-state index is 0.949. The molecular formula is C7H17NO. The number of rotatable bonds is 0. The molecule has 0 bridgehead atoms. The molecule has 1 aliphatic rings. The fraction of sp³-hybridized carbons (Fsp3) is 1.00. The van der Waals surface area contributed by atoms with E-state index in [2.05, 4.69) is 18.9 Å². The Labute approximate surface area is 57.5 Å². The van der Waals surface area contributed by atoms with Crippen LogP contribution in [0.3, 0.4) is 0 Å². The van der Waals surface area contributed by atoms with Crippen LogP contribution in [0.4, 0.5) is 0 Å². The summed E-state index contributed by atoms with van der Waals surface area (Å²) in [4.78, 5) is 2.38. The van der Waals surface area contributed by atoms with Crippen LogP contribution < -0.4 is 0 Å². The van der Waals surface area contributed by atoms with E-state index in [0.717, 1.165) is 13.0 Å². The quantitative estimate of drug-likeness (QED) is 0.519. The van der Waals surface area contributed by atoms with Crippen LogP contribution in [0.5, 0.6) is 0 Å². The first-order chi connectivity index (χ1) is 4.29. The minimum atomic E-state index is 0.949. The Hall–Kier alpha value is -0.0800. The molecule has 0 spiro atoms. The number of aliphatic hydroxyl groups excluding tert-OH is 1. The van der Waals surface area contributed by atoms with Crippen molar-refractivity contribution in [1.29, 1.82) is 0 Å². The molecule has 1 atom stereocenters. The highest BCUT2D eigenvalue weighted by Gasteiger charge is 2.13. The SMILES string of the molecule is CO.C[C@@H]1CCN(C)C1. The van der Waals surface area contributed by atoms with Gasteiger partial charge in [0.15, 0.2) is 0 Å². The summed E-state index contributed by atoms with van der Waals surface area (Å²) in [6.07, 6.45) is 1.40. The van der Waals surface area contributed by atoms with Crippen molar-refractivity contribution in [2.75, 3.05) is 27.2 Å². The van der Waals surface area contributed by atoms with E-state index in [9.17, 15) is 0 Å². The van der Waals surface area contributed by atoms with Crippen LogP contribution in [-0.4, -0.2) is 37.3 Å². The molecule has 1 fully saturated rings. The molecule has 2 heteroatoms. The van der Waals surface area contributed by atoms with Gasteiger partial charge < -0.3 is 10.0 Å². The highest BCUT2D eigenvalue weighted by Crippen LogP contribution is 2.11. The van der Waals surface area contributed by atoms with Gasteiger partial charge in [0.05, 0.1) is 0 Å². The van der Waals surface area contributed by atoms with Gasteiger partial charge in [-0.15, -0.1) is 0 Å². The third kappa shape index (κ3) is 3.49. The topological polar surface area (TPSA) is 23.5 Å². The Bertz CT molecular complexity index is 57.9. The average Bonchev–Trinajstić information content (AvgIpc) is 2.20. The fourth-order valence-corrected chi connectivity index (χ4v) is 1.16. The molecule has 0 aliphatic carbocycles. The minimum Gasteiger partial charge on any atom is -0.400 e. The fourth-order valence-electron chi connectivity index (χ4n) is 1.16. The predicted molar refractivity (Wildman–Crippen MR) is 39.4 cm³/mol. The second-order valence-corrected chi connectivity index (χ2v) is 2.66. The number of likely N-dealkylation sites (tertiary alicyclic amines) is 1. The maximum absolute atomic E-state index is 7.00. The summed E-state index contributed by atoms with van der Waals surface area (Å²) in [7, 11) is 3.18. The first kappa shape index (κ1) is 8.92. The number of aliphatic hydroxyl groups is 1. The van der Waals surface area contributed by atoms with Gasteiger partial charge in [-0.3, -0.25) is 0 Å². The van der Waals surface area contributed by atoms with Crippen molar-refractivity contribution < 1.29 is 5.11 Å².